The van der Waals surface area contributed by atoms with E-state index in [9.17, 15) is 18.4 Å². The molecule has 3 aromatic rings. The van der Waals surface area contributed by atoms with Crippen LogP contribution in [0, 0.1) is 11.6 Å². The fourth-order valence-electron chi connectivity index (χ4n) is 6.95. The molecule has 2 amide bonds. The number of carbonyl (C=O) groups is 2. The lowest BCUT2D eigenvalue weighted by Crippen LogP contribution is -2.56. The van der Waals surface area contributed by atoms with E-state index in [1.54, 1.807) is 17.0 Å². The van der Waals surface area contributed by atoms with Crippen molar-refractivity contribution < 1.29 is 37.3 Å². The fraction of sp³-hybridized carbons (Fsp3) is 0.412. The van der Waals surface area contributed by atoms with Crippen molar-refractivity contribution in [3.05, 3.63) is 88.5 Å². The van der Waals surface area contributed by atoms with E-state index in [1.165, 1.54) is 33.0 Å². The fourth-order valence-corrected chi connectivity index (χ4v) is 6.95. The number of rotatable bonds is 8. The highest BCUT2D eigenvalue weighted by atomic mass is 19.2. The van der Waals surface area contributed by atoms with Gasteiger partial charge in [0.15, 0.2) is 23.1 Å². The molecule has 3 aromatic carbocycles. The number of nitrogens with zero attached hydrogens (tertiary/aromatic N) is 2. The van der Waals surface area contributed by atoms with Crippen LogP contribution >= 0.6 is 0 Å². The Kier molecular flexibility index (Phi) is 8.41. The van der Waals surface area contributed by atoms with E-state index in [2.05, 4.69) is 16.3 Å². The highest BCUT2D eigenvalue weighted by molar-refractivity contribution is 5.96. The Morgan fingerprint density at radius 2 is 1.67 bits per heavy atom. The monoisotopic (exact) mass is 621 g/mol. The summed E-state index contributed by atoms with van der Waals surface area (Å²) in [5.41, 5.74) is 1.57. The minimum Gasteiger partial charge on any atom is -0.493 e. The van der Waals surface area contributed by atoms with Gasteiger partial charge in [-0.2, -0.15) is 0 Å². The molecule has 45 heavy (non-hydrogen) atoms. The van der Waals surface area contributed by atoms with Gasteiger partial charge < -0.3 is 34.1 Å². The number of methoxy groups -OCH3 is 3. The average molecular weight is 622 g/mol. The molecule has 0 saturated carbocycles. The molecule has 1 spiro atoms. The van der Waals surface area contributed by atoms with E-state index >= 15 is 0 Å². The van der Waals surface area contributed by atoms with Crippen molar-refractivity contribution in [3.8, 4) is 17.2 Å². The molecule has 2 fully saturated rings. The highest BCUT2D eigenvalue weighted by Gasteiger charge is 2.45. The molecule has 0 bridgehead atoms. The SMILES string of the molecule is COc1cc(C(=O)N2CO[C@](CCN3CCC4(CC3)NC(=O)Cc3ccccc34)(c3ccc(F)c(F)c3)C2)cc(OC)c1OC. The maximum absolute atomic E-state index is 14.5. The minimum absolute atomic E-state index is 0.0376. The quantitative estimate of drug-likeness (QED) is 0.400. The van der Waals surface area contributed by atoms with Gasteiger partial charge in [-0.1, -0.05) is 30.3 Å². The molecule has 11 heteroatoms. The summed E-state index contributed by atoms with van der Waals surface area (Å²) in [5, 5.41) is 3.27. The van der Waals surface area contributed by atoms with E-state index in [0.29, 0.717) is 47.8 Å². The van der Waals surface area contributed by atoms with Gasteiger partial charge in [0.25, 0.3) is 5.91 Å². The normalized spacial score (nSPS) is 20.9. The molecular weight excluding hydrogens is 584 g/mol. The minimum atomic E-state index is -1.06. The number of piperidine rings is 1. The molecule has 1 atom stereocenters. The molecule has 0 aliphatic carbocycles. The van der Waals surface area contributed by atoms with Crippen LogP contribution in [0.25, 0.3) is 0 Å². The van der Waals surface area contributed by atoms with Crippen LogP contribution in [0.4, 0.5) is 8.78 Å². The number of nitrogens with one attached hydrogen (secondary N) is 1. The summed E-state index contributed by atoms with van der Waals surface area (Å²) in [4.78, 5) is 30.2. The Hall–Kier alpha value is -4.22. The van der Waals surface area contributed by atoms with Crippen LogP contribution in [0.3, 0.4) is 0 Å². The molecule has 1 N–H and O–H groups in total. The van der Waals surface area contributed by atoms with Gasteiger partial charge in [0.1, 0.15) is 12.3 Å². The Morgan fingerprint density at radius 1 is 0.956 bits per heavy atom. The van der Waals surface area contributed by atoms with Gasteiger partial charge in [0.2, 0.25) is 11.7 Å². The van der Waals surface area contributed by atoms with E-state index in [4.69, 9.17) is 18.9 Å². The Bertz CT molecular complexity index is 1580. The van der Waals surface area contributed by atoms with Crippen molar-refractivity contribution in [2.45, 2.75) is 36.8 Å². The van der Waals surface area contributed by atoms with Crippen LogP contribution in [0.15, 0.2) is 54.6 Å². The van der Waals surface area contributed by atoms with Crippen LogP contribution < -0.4 is 19.5 Å². The van der Waals surface area contributed by atoms with Gasteiger partial charge in [-0.05, 0) is 60.2 Å². The van der Waals surface area contributed by atoms with Crippen molar-refractivity contribution in [1.29, 1.82) is 0 Å². The first-order chi connectivity index (χ1) is 21.7. The van der Waals surface area contributed by atoms with Crippen LogP contribution in [0.5, 0.6) is 17.2 Å². The van der Waals surface area contributed by atoms with Crippen molar-refractivity contribution in [2.24, 2.45) is 0 Å². The predicted molar refractivity (Wildman–Crippen MR) is 161 cm³/mol. The molecule has 3 aliphatic rings. The first-order valence-corrected chi connectivity index (χ1v) is 15.0. The summed E-state index contributed by atoms with van der Waals surface area (Å²) < 4.78 is 51.1. The Balaban J connectivity index is 1.21. The lowest BCUT2D eigenvalue weighted by Gasteiger charge is -2.46. The number of hydrogen-bond acceptors (Lipinski definition) is 7. The molecule has 6 rings (SSSR count). The van der Waals surface area contributed by atoms with Crippen molar-refractivity contribution in [3.63, 3.8) is 0 Å². The molecule has 0 radical (unpaired) electrons. The van der Waals surface area contributed by atoms with Crippen molar-refractivity contribution in [1.82, 2.24) is 15.1 Å². The third kappa shape index (κ3) is 5.70. The topological polar surface area (TPSA) is 89.6 Å². The molecular formula is C34H37F2N3O6. The van der Waals surface area contributed by atoms with Crippen LogP contribution in [-0.4, -0.2) is 75.9 Å². The smallest absolute Gasteiger partial charge is 0.256 e. The van der Waals surface area contributed by atoms with Crippen LogP contribution in [0.1, 0.15) is 46.3 Å². The molecule has 2 saturated heterocycles. The maximum Gasteiger partial charge on any atom is 0.256 e. The number of amides is 2. The van der Waals surface area contributed by atoms with Crippen molar-refractivity contribution in [2.75, 3.05) is 54.2 Å². The second kappa shape index (κ2) is 12.3. The zero-order valence-electron chi connectivity index (χ0n) is 25.7. The summed E-state index contributed by atoms with van der Waals surface area (Å²) in [6, 6.07) is 15.0. The average Bonchev–Trinajstić information content (AvgIpc) is 3.50. The Labute approximate surface area is 261 Å². The number of likely N-dealkylation sites (tertiary alicyclic amines) is 1. The number of fused-ring (bicyclic) bond motifs is 2. The van der Waals surface area contributed by atoms with Crippen molar-refractivity contribution >= 4 is 11.8 Å². The number of halogens is 2. The molecule has 3 heterocycles. The first kappa shape index (κ1) is 30.8. The van der Waals surface area contributed by atoms with E-state index in [0.717, 1.165) is 43.6 Å². The van der Waals surface area contributed by atoms with Gasteiger partial charge in [-0.25, -0.2) is 8.78 Å². The number of ether oxygens (including phenoxy) is 4. The van der Waals surface area contributed by atoms with Gasteiger partial charge in [0.05, 0.1) is 39.8 Å². The first-order valence-electron chi connectivity index (χ1n) is 15.0. The summed E-state index contributed by atoms with van der Waals surface area (Å²) >= 11 is 0. The predicted octanol–water partition coefficient (Wildman–Crippen LogP) is 4.37. The zero-order valence-corrected chi connectivity index (χ0v) is 25.7. The standard InChI is InChI=1S/C34H37F2N3O6/c1-42-28-16-23(17-29(43-2)31(28)44-3)32(41)39-20-34(45-21-39,24-8-9-26(35)27(36)19-24)12-15-38-13-10-33(11-14-38)25-7-5-4-6-22(25)18-30(40)37-33/h4-9,16-17,19H,10-15,18,20-21H2,1-3H3,(H,37,40)/t34-/m0/s1. The molecule has 9 nitrogen and oxygen atoms in total. The lowest BCUT2D eigenvalue weighted by molar-refractivity contribution is -0.124. The summed E-state index contributed by atoms with van der Waals surface area (Å²) in [5.74, 6) is -1.17. The van der Waals surface area contributed by atoms with Gasteiger partial charge in [0, 0.05) is 25.2 Å². The van der Waals surface area contributed by atoms with Crippen LogP contribution in [-0.2, 0) is 27.1 Å². The highest BCUT2D eigenvalue weighted by Crippen LogP contribution is 2.42. The van der Waals surface area contributed by atoms with E-state index in [-0.39, 0.29) is 25.1 Å². The Morgan fingerprint density at radius 3 is 2.33 bits per heavy atom. The third-order valence-corrected chi connectivity index (χ3v) is 9.39. The third-order valence-electron chi connectivity index (χ3n) is 9.39. The van der Waals surface area contributed by atoms with Gasteiger partial charge >= 0.3 is 0 Å². The lowest BCUT2D eigenvalue weighted by atomic mass is 9.75. The molecule has 3 aliphatic heterocycles. The second-order valence-corrected chi connectivity index (χ2v) is 11.9. The van der Waals surface area contributed by atoms with E-state index in [1.807, 2.05) is 18.2 Å². The summed E-state index contributed by atoms with van der Waals surface area (Å²) in [7, 11) is 4.43. The number of benzene rings is 3. The maximum atomic E-state index is 14.5. The van der Waals surface area contributed by atoms with Gasteiger partial charge in [-0.15, -0.1) is 0 Å². The summed E-state index contributed by atoms with van der Waals surface area (Å²) in [6.45, 7) is 2.15. The second-order valence-electron chi connectivity index (χ2n) is 11.9. The largest absolute Gasteiger partial charge is 0.493 e. The van der Waals surface area contributed by atoms with E-state index < -0.39 is 22.8 Å². The molecule has 238 valence electrons. The van der Waals surface area contributed by atoms with Gasteiger partial charge in [-0.3, -0.25) is 9.59 Å². The number of carbonyl (C=O) groups excluding carboxylic acids is 2. The summed E-state index contributed by atoms with van der Waals surface area (Å²) in [6.07, 6.45) is 2.33. The number of hydrogen-bond donors (Lipinski definition) is 1. The zero-order chi connectivity index (χ0) is 31.8. The molecule has 0 unspecified atom stereocenters. The van der Waals surface area contributed by atoms with Crippen LogP contribution in [0.2, 0.25) is 0 Å². The molecule has 0 aromatic heterocycles.